The van der Waals surface area contributed by atoms with Crippen LogP contribution >= 0.6 is 11.6 Å². The highest BCUT2D eigenvalue weighted by Gasteiger charge is 2.27. The molecule has 1 saturated carbocycles. The third kappa shape index (κ3) is 2.59. The van der Waals surface area contributed by atoms with E-state index in [0.29, 0.717) is 11.4 Å². The lowest BCUT2D eigenvalue weighted by Crippen LogP contribution is -2.36. The zero-order valence-electron chi connectivity index (χ0n) is 9.13. The van der Waals surface area contributed by atoms with Gasteiger partial charge in [0.2, 0.25) is 0 Å². The van der Waals surface area contributed by atoms with Gasteiger partial charge in [-0.1, -0.05) is 6.92 Å². The highest BCUT2D eigenvalue weighted by atomic mass is 35.5. The Bertz CT molecular complexity index is 348. The van der Waals surface area contributed by atoms with E-state index in [2.05, 4.69) is 22.2 Å². The van der Waals surface area contributed by atoms with Crippen molar-refractivity contribution in [2.45, 2.75) is 44.5 Å². The number of aromatic nitrogens is 2. The molecule has 1 fully saturated rings. The first-order chi connectivity index (χ1) is 7.17. The lowest BCUT2D eigenvalue weighted by molar-refractivity contribution is 0.453. The van der Waals surface area contributed by atoms with Crippen LogP contribution in [0.3, 0.4) is 0 Å². The summed E-state index contributed by atoms with van der Waals surface area (Å²) in [6.45, 7) is 4.03. The smallest absolute Gasteiger partial charge is 0.130 e. The summed E-state index contributed by atoms with van der Waals surface area (Å²) in [7, 11) is 0. The Morgan fingerprint density at radius 1 is 1.47 bits per heavy atom. The van der Waals surface area contributed by atoms with Crippen LogP contribution in [0.15, 0.2) is 6.07 Å². The number of alkyl halides is 1. The summed E-state index contributed by atoms with van der Waals surface area (Å²) >= 11 is 5.93. The molecule has 0 unspecified atom stereocenters. The molecule has 0 saturated heterocycles. The molecule has 0 bridgehead atoms. The molecule has 1 aliphatic carbocycles. The summed E-state index contributed by atoms with van der Waals surface area (Å²) in [6.07, 6.45) is 3.01. The van der Waals surface area contributed by atoms with Crippen molar-refractivity contribution in [1.82, 2.24) is 9.97 Å². The standard InChI is InChI=1S/C11H16ClN3/c1-3-9-6-11(14-7(2)13-9)15-10-4-8(12)5-10/h6,8,10H,3-5H2,1-2H3,(H,13,14,15). The number of nitrogens with one attached hydrogen (secondary N) is 1. The van der Waals surface area contributed by atoms with E-state index in [1.165, 1.54) is 0 Å². The molecule has 0 atom stereocenters. The number of hydrogen-bond acceptors (Lipinski definition) is 3. The zero-order valence-corrected chi connectivity index (χ0v) is 9.88. The fraction of sp³-hybridized carbons (Fsp3) is 0.636. The van der Waals surface area contributed by atoms with Gasteiger partial charge in [-0.05, 0) is 26.2 Å². The molecular formula is C11H16ClN3. The second kappa shape index (κ2) is 4.35. The Morgan fingerprint density at radius 2 is 2.20 bits per heavy atom. The summed E-state index contributed by atoms with van der Waals surface area (Å²) in [4.78, 5) is 8.70. The molecule has 0 spiro atoms. The van der Waals surface area contributed by atoms with Gasteiger partial charge in [-0.3, -0.25) is 0 Å². The Kier molecular flexibility index (Phi) is 3.10. The second-order valence-corrected chi connectivity index (χ2v) is 4.67. The van der Waals surface area contributed by atoms with Crippen molar-refractivity contribution in [1.29, 1.82) is 0 Å². The maximum atomic E-state index is 5.93. The van der Waals surface area contributed by atoms with Gasteiger partial charge >= 0.3 is 0 Å². The molecule has 0 aliphatic heterocycles. The van der Waals surface area contributed by atoms with Gasteiger partial charge < -0.3 is 5.32 Å². The Morgan fingerprint density at radius 3 is 2.80 bits per heavy atom. The number of rotatable bonds is 3. The number of hydrogen-bond donors (Lipinski definition) is 1. The van der Waals surface area contributed by atoms with E-state index in [9.17, 15) is 0 Å². The highest BCUT2D eigenvalue weighted by Crippen LogP contribution is 2.28. The van der Waals surface area contributed by atoms with Crippen LogP contribution in [-0.4, -0.2) is 21.4 Å². The fourth-order valence-electron chi connectivity index (χ4n) is 1.76. The van der Waals surface area contributed by atoms with Crippen LogP contribution in [-0.2, 0) is 6.42 Å². The molecule has 1 heterocycles. The van der Waals surface area contributed by atoms with Crippen LogP contribution in [0, 0.1) is 6.92 Å². The van der Waals surface area contributed by atoms with Gasteiger partial charge in [-0.2, -0.15) is 0 Å². The van der Waals surface area contributed by atoms with Gasteiger partial charge in [0.25, 0.3) is 0 Å². The SMILES string of the molecule is CCc1cc(NC2CC(Cl)C2)nc(C)n1. The van der Waals surface area contributed by atoms with E-state index in [-0.39, 0.29) is 0 Å². The lowest BCUT2D eigenvalue weighted by atomic mass is 9.92. The molecule has 15 heavy (non-hydrogen) atoms. The first kappa shape index (κ1) is 10.7. The number of halogens is 1. The molecule has 1 aromatic rings. The van der Waals surface area contributed by atoms with E-state index < -0.39 is 0 Å². The summed E-state index contributed by atoms with van der Waals surface area (Å²) < 4.78 is 0. The minimum atomic E-state index is 0.344. The summed E-state index contributed by atoms with van der Waals surface area (Å²) in [5.41, 5.74) is 1.09. The van der Waals surface area contributed by atoms with Crippen LogP contribution in [0.5, 0.6) is 0 Å². The minimum Gasteiger partial charge on any atom is -0.367 e. The quantitative estimate of drug-likeness (QED) is 0.804. The van der Waals surface area contributed by atoms with Crippen molar-refractivity contribution in [2.24, 2.45) is 0 Å². The third-order valence-corrected chi connectivity index (χ3v) is 3.04. The normalized spacial score (nSPS) is 24.7. The Balaban J connectivity index is 2.04. The highest BCUT2D eigenvalue weighted by molar-refractivity contribution is 6.21. The van der Waals surface area contributed by atoms with Gasteiger partial charge in [-0.25, -0.2) is 9.97 Å². The van der Waals surface area contributed by atoms with Crippen LogP contribution in [0.2, 0.25) is 0 Å². The molecule has 1 N–H and O–H groups in total. The summed E-state index contributed by atoms with van der Waals surface area (Å²) in [5, 5.41) is 3.73. The predicted octanol–water partition coefficient (Wildman–Crippen LogP) is 2.53. The van der Waals surface area contributed by atoms with Gasteiger partial charge in [0.05, 0.1) is 0 Å². The molecule has 0 aromatic carbocycles. The zero-order chi connectivity index (χ0) is 10.8. The molecule has 0 radical (unpaired) electrons. The molecule has 4 heteroatoms. The topological polar surface area (TPSA) is 37.8 Å². The maximum absolute atomic E-state index is 5.93. The minimum absolute atomic E-state index is 0.344. The van der Waals surface area contributed by atoms with E-state index in [1.54, 1.807) is 0 Å². The molecular weight excluding hydrogens is 210 g/mol. The number of aryl methyl sites for hydroxylation is 2. The molecule has 3 nitrogen and oxygen atoms in total. The van der Waals surface area contributed by atoms with Gasteiger partial charge in [0, 0.05) is 23.2 Å². The first-order valence-electron chi connectivity index (χ1n) is 5.42. The van der Waals surface area contributed by atoms with E-state index >= 15 is 0 Å². The summed E-state index contributed by atoms with van der Waals surface area (Å²) in [5.74, 6) is 1.77. The third-order valence-electron chi connectivity index (χ3n) is 2.69. The Hall–Kier alpha value is -0.830. The molecule has 0 amide bonds. The van der Waals surface area contributed by atoms with Gasteiger partial charge in [0.1, 0.15) is 11.6 Å². The van der Waals surface area contributed by atoms with Crippen molar-refractivity contribution in [3.8, 4) is 0 Å². The van der Waals surface area contributed by atoms with Gasteiger partial charge in [-0.15, -0.1) is 11.6 Å². The average molecular weight is 226 g/mol. The van der Waals surface area contributed by atoms with Crippen LogP contribution in [0.4, 0.5) is 5.82 Å². The first-order valence-corrected chi connectivity index (χ1v) is 5.86. The van der Waals surface area contributed by atoms with Crippen LogP contribution in [0.1, 0.15) is 31.3 Å². The maximum Gasteiger partial charge on any atom is 0.130 e. The number of nitrogens with zero attached hydrogens (tertiary/aromatic N) is 2. The van der Waals surface area contributed by atoms with Crippen molar-refractivity contribution in [3.63, 3.8) is 0 Å². The van der Waals surface area contributed by atoms with Crippen molar-refractivity contribution < 1.29 is 0 Å². The van der Waals surface area contributed by atoms with Crippen molar-refractivity contribution >= 4 is 17.4 Å². The lowest BCUT2D eigenvalue weighted by Gasteiger charge is -2.32. The molecule has 1 aliphatic rings. The van der Waals surface area contributed by atoms with E-state index in [4.69, 9.17) is 11.6 Å². The van der Waals surface area contributed by atoms with Crippen LogP contribution < -0.4 is 5.32 Å². The average Bonchev–Trinajstić information content (AvgIpc) is 2.14. The largest absolute Gasteiger partial charge is 0.367 e. The number of anilines is 1. The monoisotopic (exact) mass is 225 g/mol. The van der Waals surface area contributed by atoms with E-state index in [0.717, 1.165) is 36.6 Å². The van der Waals surface area contributed by atoms with Gasteiger partial charge in [0.15, 0.2) is 0 Å². The van der Waals surface area contributed by atoms with Crippen molar-refractivity contribution in [2.75, 3.05) is 5.32 Å². The van der Waals surface area contributed by atoms with Crippen molar-refractivity contribution in [3.05, 3.63) is 17.6 Å². The molecule has 2 rings (SSSR count). The van der Waals surface area contributed by atoms with Crippen LogP contribution in [0.25, 0.3) is 0 Å². The second-order valence-electron chi connectivity index (χ2n) is 4.06. The molecule has 82 valence electrons. The predicted molar refractivity (Wildman–Crippen MR) is 62.4 cm³/mol. The summed E-state index contributed by atoms with van der Waals surface area (Å²) in [6, 6.07) is 2.51. The Labute approximate surface area is 95.3 Å². The molecule has 1 aromatic heterocycles. The van der Waals surface area contributed by atoms with E-state index in [1.807, 2.05) is 13.0 Å². The fourth-order valence-corrected chi connectivity index (χ4v) is 2.19.